The quantitative estimate of drug-likeness (QED) is 0.182. The summed E-state index contributed by atoms with van der Waals surface area (Å²) in [6, 6.07) is 8.04. The first-order valence-electron chi connectivity index (χ1n) is 12.5. The molecule has 0 bridgehead atoms. The normalized spacial score (nSPS) is 15.6. The lowest BCUT2D eigenvalue weighted by Gasteiger charge is -2.26. The number of nitrogens with zero attached hydrogens (tertiary/aromatic N) is 4. The summed E-state index contributed by atoms with van der Waals surface area (Å²) < 4.78 is 20.8. The Kier molecular flexibility index (Phi) is 9.15. The fourth-order valence-electron chi connectivity index (χ4n) is 3.90. The van der Waals surface area contributed by atoms with E-state index in [9.17, 15) is 9.00 Å². The highest BCUT2D eigenvalue weighted by Gasteiger charge is 2.14. The van der Waals surface area contributed by atoms with Crippen LogP contribution in [0.4, 0.5) is 22.2 Å². The third-order valence-corrected chi connectivity index (χ3v) is 7.34. The molecule has 38 heavy (non-hydrogen) atoms. The van der Waals surface area contributed by atoms with E-state index in [-0.39, 0.29) is 6.04 Å². The van der Waals surface area contributed by atoms with Gasteiger partial charge in [0.05, 0.1) is 34.2 Å². The van der Waals surface area contributed by atoms with Gasteiger partial charge >= 0.3 is 6.03 Å². The van der Waals surface area contributed by atoms with Crippen LogP contribution in [-0.4, -0.2) is 86.6 Å². The van der Waals surface area contributed by atoms with Crippen molar-refractivity contribution in [2.24, 2.45) is 0 Å². The zero-order valence-electron chi connectivity index (χ0n) is 21.7. The van der Waals surface area contributed by atoms with Crippen LogP contribution in [0.15, 0.2) is 47.6 Å². The van der Waals surface area contributed by atoms with Crippen molar-refractivity contribution in [3.63, 3.8) is 0 Å². The molecule has 1 aromatic carbocycles. The molecule has 12 nitrogen and oxygen atoms in total. The van der Waals surface area contributed by atoms with Crippen LogP contribution >= 0.6 is 0 Å². The van der Waals surface area contributed by atoms with E-state index in [2.05, 4.69) is 46.6 Å². The van der Waals surface area contributed by atoms with Gasteiger partial charge in [-0.1, -0.05) is 0 Å². The first-order valence-corrected chi connectivity index (χ1v) is 14.3. The predicted octanol–water partition coefficient (Wildman–Crippen LogP) is 2.44. The first kappa shape index (κ1) is 27.4. The number of rotatable bonds is 11. The van der Waals surface area contributed by atoms with Crippen LogP contribution < -0.4 is 20.7 Å². The Bertz CT molecular complexity index is 1290. The van der Waals surface area contributed by atoms with Gasteiger partial charge in [0.15, 0.2) is 0 Å². The summed E-state index contributed by atoms with van der Waals surface area (Å²) in [5, 5.41) is 16.3. The number of ether oxygens (including phenoxy) is 1. The Labute approximate surface area is 223 Å². The second kappa shape index (κ2) is 12.7. The fourth-order valence-corrected chi connectivity index (χ4v) is 4.95. The molecule has 0 spiro atoms. The Morgan fingerprint density at radius 3 is 2.66 bits per heavy atom. The van der Waals surface area contributed by atoms with Crippen LogP contribution in [0.2, 0.25) is 0 Å². The van der Waals surface area contributed by atoms with E-state index in [1.54, 1.807) is 36.7 Å². The number of hydrogen-bond donors (Lipinski definition) is 5. The Morgan fingerprint density at radius 2 is 1.97 bits per heavy atom. The number of H-pyrrole nitrogens is 1. The van der Waals surface area contributed by atoms with Gasteiger partial charge in [-0.05, 0) is 63.0 Å². The number of aromatic amines is 1. The first-order chi connectivity index (χ1) is 18.3. The SMILES string of the molecule is C=S(=O)(NC(=O)NC(C)C)c1ccc(Nc2ncc(-c3ccn[nH]3)c(NCCCN3CCOCC3)n2)cc1. The number of amides is 2. The molecule has 0 radical (unpaired) electrons. The van der Waals surface area contributed by atoms with E-state index in [4.69, 9.17) is 9.72 Å². The molecule has 1 aliphatic heterocycles. The molecular formula is C25H35N9O3S. The van der Waals surface area contributed by atoms with Gasteiger partial charge < -0.3 is 20.7 Å². The van der Waals surface area contributed by atoms with Gasteiger partial charge in [0, 0.05) is 48.7 Å². The van der Waals surface area contributed by atoms with Gasteiger partial charge in [-0.15, -0.1) is 0 Å². The molecule has 204 valence electrons. The molecule has 1 fully saturated rings. The summed E-state index contributed by atoms with van der Waals surface area (Å²) >= 11 is 0. The molecule has 1 unspecified atom stereocenters. The van der Waals surface area contributed by atoms with Crippen molar-refractivity contribution in [2.45, 2.75) is 31.2 Å². The minimum Gasteiger partial charge on any atom is -0.379 e. The lowest BCUT2D eigenvalue weighted by molar-refractivity contribution is 0.0378. The zero-order valence-corrected chi connectivity index (χ0v) is 22.5. The molecule has 4 rings (SSSR count). The second-order valence-corrected chi connectivity index (χ2v) is 11.2. The Hall–Kier alpha value is -3.68. The fraction of sp³-hybridized carbons (Fsp3) is 0.400. The van der Waals surface area contributed by atoms with E-state index in [1.165, 1.54) is 0 Å². The monoisotopic (exact) mass is 541 g/mol. The summed E-state index contributed by atoms with van der Waals surface area (Å²) in [4.78, 5) is 23.9. The molecule has 1 atom stereocenters. The molecule has 5 N–H and O–H groups in total. The van der Waals surface area contributed by atoms with Gasteiger partial charge in [0.1, 0.15) is 5.82 Å². The number of aromatic nitrogens is 4. The number of carbonyl (C=O) groups is 1. The molecule has 2 amide bonds. The Morgan fingerprint density at radius 1 is 1.21 bits per heavy atom. The van der Waals surface area contributed by atoms with E-state index in [1.807, 2.05) is 19.9 Å². The highest BCUT2D eigenvalue weighted by molar-refractivity contribution is 7.99. The van der Waals surface area contributed by atoms with Crippen molar-refractivity contribution >= 4 is 39.1 Å². The molecule has 3 heterocycles. The van der Waals surface area contributed by atoms with E-state index >= 15 is 0 Å². The van der Waals surface area contributed by atoms with Crippen molar-refractivity contribution in [1.82, 2.24) is 35.1 Å². The topological polar surface area (TPSA) is 149 Å². The van der Waals surface area contributed by atoms with Gasteiger partial charge in [-0.2, -0.15) is 10.1 Å². The molecule has 3 aromatic rings. The standard InChI is InChI=1S/C25H35N9O3S/c1-18(2)29-25(35)33-38(3,36)20-7-5-19(6-8-20)30-24-27-17-21(22-9-11-28-32-22)23(31-24)26-10-4-12-34-13-15-37-16-14-34/h5-9,11,17-18H,3-4,10,12-16H2,1-2H3,(H,28,32)(H2,26,27,30,31)(H2,29,33,35,36). The van der Waals surface area contributed by atoms with Crippen LogP contribution in [-0.2, 0) is 14.4 Å². The summed E-state index contributed by atoms with van der Waals surface area (Å²) in [6.07, 6.45) is 4.39. The molecule has 1 saturated heterocycles. The van der Waals surface area contributed by atoms with Gasteiger partial charge in [-0.25, -0.2) is 14.0 Å². The maximum Gasteiger partial charge on any atom is 0.326 e. The lowest BCUT2D eigenvalue weighted by Crippen LogP contribution is -2.42. The number of anilines is 3. The number of urea groups is 1. The van der Waals surface area contributed by atoms with Crippen molar-refractivity contribution in [2.75, 3.05) is 50.0 Å². The molecule has 13 heteroatoms. The molecule has 0 saturated carbocycles. The van der Waals surface area contributed by atoms with Gasteiger partial charge in [0.25, 0.3) is 0 Å². The van der Waals surface area contributed by atoms with Crippen LogP contribution in [0, 0.1) is 0 Å². The van der Waals surface area contributed by atoms with E-state index < -0.39 is 15.7 Å². The predicted molar refractivity (Wildman–Crippen MR) is 150 cm³/mol. The largest absolute Gasteiger partial charge is 0.379 e. The van der Waals surface area contributed by atoms with Crippen molar-refractivity contribution in [1.29, 1.82) is 0 Å². The number of nitrogens with one attached hydrogen (secondary N) is 5. The number of carbonyl (C=O) groups excluding carboxylic acids is 1. The minimum absolute atomic E-state index is 0.0828. The lowest BCUT2D eigenvalue weighted by atomic mass is 10.2. The summed E-state index contributed by atoms with van der Waals surface area (Å²) in [6.45, 7) is 8.88. The summed E-state index contributed by atoms with van der Waals surface area (Å²) in [7, 11) is -3.00. The molecule has 0 aliphatic carbocycles. The zero-order chi connectivity index (χ0) is 27.0. The van der Waals surface area contributed by atoms with Crippen molar-refractivity contribution < 1.29 is 13.7 Å². The van der Waals surface area contributed by atoms with E-state index in [0.29, 0.717) is 22.3 Å². The maximum atomic E-state index is 12.9. The van der Waals surface area contributed by atoms with Crippen LogP contribution in [0.1, 0.15) is 20.3 Å². The summed E-state index contributed by atoms with van der Waals surface area (Å²) in [5.74, 6) is 4.79. The highest BCUT2D eigenvalue weighted by atomic mass is 32.2. The minimum atomic E-state index is -3.00. The number of morpholine rings is 1. The van der Waals surface area contributed by atoms with Crippen molar-refractivity contribution in [3.05, 3.63) is 42.7 Å². The average molecular weight is 542 g/mol. The maximum absolute atomic E-state index is 12.9. The van der Waals surface area contributed by atoms with Gasteiger partial charge in [-0.3, -0.25) is 14.7 Å². The van der Waals surface area contributed by atoms with Crippen LogP contribution in [0.3, 0.4) is 0 Å². The smallest absolute Gasteiger partial charge is 0.326 e. The van der Waals surface area contributed by atoms with Crippen LogP contribution in [0.5, 0.6) is 0 Å². The van der Waals surface area contributed by atoms with Crippen LogP contribution in [0.25, 0.3) is 11.3 Å². The number of hydrogen-bond acceptors (Lipinski definition) is 9. The average Bonchev–Trinajstić information content (AvgIpc) is 3.42. The number of benzene rings is 1. The third kappa shape index (κ3) is 7.66. The van der Waals surface area contributed by atoms with Gasteiger partial charge in [0.2, 0.25) is 5.95 Å². The second-order valence-electron chi connectivity index (χ2n) is 9.22. The molecule has 2 aromatic heterocycles. The molecule has 1 aliphatic rings. The van der Waals surface area contributed by atoms with E-state index in [0.717, 1.165) is 57.1 Å². The summed E-state index contributed by atoms with van der Waals surface area (Å²) in [5.41, 5.74) is 2.33. The Balaban J connectivity index is 1.42. The molecular weight excluding hydrogens is 506 g/mol. The van der Waals surface area contributed by atoms with Crippen molar-refractivity contribution in [3.8, 4) is 11.3 Å². The highest BCUT2D eigenvalue weighted by Crippen LogP contribution is 2.26. The third-order valence-electron chi connectivity index (χ3n) is 5.80.